The molecule has 156 valence electrons. The van der Waals surface area contributed by atoms with Crippen LogP contribution in [0, 0.1) is 6.92 Å². The molecule has 0 radical (unpaired) electrons. The number of anilines is 1. The van der Waals surface area contributed by atoms with Crippen LogP contribution in [0.3, 0.4) is 0 Å². The highest BCUT2D eigenvalue weighted by Crippen LogP contribution is 2.28. The number of aryl methyl sites for hydroxylation is 1. The van der Waals surface area contributed by atoms with E-state index in [0.717, 1.165) is 16.8 Å². The monoisotopic (exact) mass is 445 g/mol. The lowest BCUT2D eigenvalue weighted by molar-refractivity contribution is 0.0976. The molecule has 0 atom stereocenters. The van der Waals surface area contributed by atoms with Crippen LogP contribution in [-0.2, 0) is 6.54 Å². The van der Waals surface area contributed by atoms with Crippen LogP contribution in [0.15, 0.2) is 52.0 Å². The van der Waals surface area contributed by atoms with Crippen molar-refractivity contribution in [2.75, 3.05) is 19.0 Å². The molecule has 7 nitrogen and oxygen atoms in total. The number of hydrogen-bond acceptors (Lipinski definition) is 5. The number of nitrogens with two attached hydrogens (primary N) is 1. The number of nitrogens with one attached hydrogen (secondary N) is 1. The van der Waals surface area contributed by atoms with Gasteiger partial charge in [0.25, 0.3) is 5.91 Å². The third kappa shape index (κ3) is 5.11. The van der Waals surface area contributed by atoms with Crippen molar-refractivity contribution in [3.8, 4) is 11.3 Å². The second kappa shape index (κ2) is 9.19. The van der Waals surface area contributed by atoms with Crippen molar-refractivity contribution >= 4 is 40.8 Å². The Morgan fingerprint density at radius 2 is 1.80 bits per heavy atom. The number of halogens is 2. The van der Waals surface area contributed by atoms with Gasteiger partial charge < -0.3 is 15.2 Å². The summed E-state index contributed by atoms with van der Waals surface area (Å²) in [4.78, 5) is 19.0. The first-order valence-corrected chi connectivity index (χ1v) is 9.80. The second-order valence-electron chi connectivity index (χ2n) is 6.85. The first-order chi connectivity index (χ1) is 14.2. The van der Waals surface area contributed by atoms with E-state index in [1.54, 1.807) is 25.1 Å². The van der Waals surface area contributed by atoms with Crippen LogP contribution in [0.25, 0.3) is 11.3 Å². The van der Waals surface area contributed by atoms with E-state index < -0.39 is 5.91 Å². The van der Waals surface area contributed by atoms with Crippen LogP contribution < -0.4 is 16.0 Å². The van der Waals surface area contributed by atoms with E-state index in [0.29, 0.717) is 27.1 Å². The van der Waals surface area contributed by atoms with Crippen molar-refractivity contribution in [2.45, 2.75) is 13.5 Å². The van der Waals surface area contributed by atoms with Crippen molar-refractivity contribution in [3.05, 3.63) is 69.3 Å². The highest BCUT2D eigenvalue weighted by molar-refractivity contribution is 6.34. The van der Waals surface area contributed by atoms with Crippen molar-refractivity contribution in [2.24, 2.45) is 10.7 Å². The van der Waals surface area contributed by atoms with Gasteiger partial charge in [-0.3, -0.25) is 10.1 Å². The molecule has 1 aromatic heterocycles. The average molecular weight is 446 g/mol. The highest BCUT2D eigenvalue weighted by atomic mass is 35.5. The number of aliphatic imine (C=N–C) groups is 1. The first-order valence-electron chi connectivity index (χ1n) is 9.05. The summed E-state index contributed by atoms with van der Waals surface area (Å²) in [6.07, 6.45) is 0. The largest absolute Gasteiger partial charge is 0.378 e. The Morgan fingerprint density at radius 3 is 2.40 bits per heavy atom. The number of carbonyl (C=O) groups excluding carboxylic acids is 1. The van der Waals surface area contributed by atoms with Gasteiger partial charge in [-0.2, -0.15) is 0 Å². The summed E-state index contributed by atoms with van der Waals surface area (Å²) < 4.78 is 5.41. The zero-order valence-corrected chi connectivity index (χ0v) is 18.3. The molecule has 2 aromatic carbocycles. The molecule has 3 rings (SSSR count). The van der Waals surface area contributed by atoms with Gasteiger partial charge >= 0.3 is 0 Å². The van der Waals surface area contributed by atoms with Crippen molar-refractivity contribution < 1.29 is 9.32 Å². The molecular weight excluding hydrogens is 425 g/mol. The molecule has 1 amide bonds. The molecule has 3 N–H and O–H groups in total. The summed E-state index contributed by atoms with van der Waals surface area (Å²) >= 11 is 12.0. The standard InChI is InChI=1S/C21H21Cl2N5O2/c1-12-18(19(30-27-12)14-4-6-17(7-5-14)28(2)3)20(29)26-21(24)25-11-13-8-15(22)10-16(23)9-13/h4-10H,11H2,1-3H3,(H3,24,25,26,29). The Labute approximate surface area is 184 Å². The summed E-state index contributed by atoms with van der Waals surface area (Å²) in [5.74, 6) is -0.124. The van der Waals surface area contributed by atoms with E-state index in [-0.39, 0.29) is 12.5 Å². The van der Waals surface area contributed by atoms with Gasteiger partial charge in [0.1, 0.15) is 5.56 Å². The summed E-state index contributed by atoms with van der Waals surface area (Å²) in [7, 11) is 3.90. The third-order valence-electron chi connectivity index (χ3n) is 4.33. The van der Waals surface area contributed by atoms with Gasteiger partial charge in [-0.25, -0.2) is 4.99 Å². The predicted molar refractivity (Wildman–Crippen MR) is 120 cm³/mol. The van der Waals surface area contributed by atoms with E-state index >= 15 is 0 Å². The number of nitrogens with zero attached hydrogens (tertiary/aromatic N) is 3. The maximum Gasteiger partial charge on any atom is 0.263 e. The fraction of sp³-hybridized carbons (Fsp3) is 0.190. The van der Waals surface area contributed by atoms with Gasteiger partial charge in [-0.1, -0.05) is 28.4 Å². The summed E-state index contributed by atoms with van der Waals surface area (Å²) in [5, 5.41) is 7.51. The van der Waals surface area contributed by atoms with Gasteiger partial charge in [0, 0.05) is 35.4 Å². The Morgan fingerprint density at radius 1 is 1.17 bits per heavy atom. The van der Waals surface area contributed by atoms with Crippen LogP contribution in [-0.4, -0.2) is 31.1 Å². The van der Waals surface area contributed by atoms with E-state index in [9.17, 15) is 4.79 Å². The Bertz CT molecular complexity index is 1070. The van der Waals surface area contributed by atoms with E-state index in [1.807, 2.05) is 43.3 Å². The fourth-order valence-electron chi connectivity index (χ4n) is 2.84. The Kier molecular flexibility index (Phi) is 6.64. The molecule has 0 bridgehead atoms. The maximum absolute atomic E-state index is 12.8. The van der Waals surface area contributed by atoms with Crippen LogP contribution in [0.4, 0.5) is 5.69 Å². The summed E-state index contributed by atoms with van der Waals surface area (Å²) in [5.41, 5.74) is 9.18. The minimum Gasteiger partial charge on any atom is -0.378 e. The molecular formula is C21H21Cl2N5O2. The molecule has 0 aliphatic carbocycles. The fourth-order valence-corrected chi connectivity index (χ4v) is 3.41. The zero-order valence-electron chi connectivity index (χ0n) is 16.7. The molecule has 0 aliphatic rings. The third-order valence-corrected chi connectivity index (χ3v) is 4.77. The van der Waals surface area contributed by atoms with Crippen LogP contribution >= 0.6 is 23.2 Å². The lowest BCUT2D eigenvalue weighted by Gasteiger charge is -2.12. The molecule has 30 heavy (non-hydrogen) atoms. The van der Waals surface area contributed by atoms with Crippen molar-refractivity contribution in [1.29, 1.82) is 0 Å². The number of guanidine groups is 1. The number of rotatable bonds is 5. The van der Waals surface area contributed by atoms with Gasteiger partial charge in [-0.05, 0) is 55.0 Å². The number of aromatic nitrogens is 1. The number of amides is 1. The van der Waals surface area contributed by atoms with Crippen LogP contribution in [0.1, 0.15) is 21.6 Å². The number of hydrogen-bond donors (Lipinski definition) is 2. The topological polar surface area (TPSA) is 96.8 Å². The smallest absolute Gasteiger partial charge is 0.263 e. The minimum absolute atomic E-state index is 0.0365. The number of benzene rings is 2. The van der Waals surface area contributed by atoms with E-state index in [1.165, 1.54) is 0 Å². The first kappa shape index (κ1) is 21.7. The minimum atomic E-state index is -0.453. The molecule has 9 heteroatoms. The summed E-state index contributed by atoms with van der Waals surface area (Å²) in [6, 6.07) is 12.7. The van der Waals surface area contributed by atoms with Gasteiger partial charge in [-0.15, -0.1) is 0 Å². The molecule has 0 aliphatic heterocycles. The molecule has 3 aromatic rings. The predicted octanol–water partition coefficient (Wildman–Crippen LogP) is 4.27. The van der Waals surface area contributed by atoms with E-state index in [4.69, 9.17) is 33.5 Å². The molecule has 0 saturated heterocycles. The maximum atomic E-state index is 12.8. The van der Waals surface area contributed by atoms with Gasteiger partial charge in [0.15, 0.2) is 11.7 Å². The van der Waals surface area contributed by atoms with E-state index in [2.05, 4.69) is 15.5 Å². The molecule has 1 heterocycles. The normalized spacial score (nSPS) is 11.4. The Balaban J connectivity index is 1.77. The van der Waals surface area contributed by atoms with Crippen molar-refractivity contribution in [3.63, 3.8) is 0 Å². The van der Waals surface area contributed by atoms with Crippen molar-refractivity contribution in [1.82, 2.24) is 10.5 Å². The van der Waals surface area contributed by atoms with Crippen LogP contribution in [0.2, 0.25) is 10.0 Å². The highest BCUT2D eigenvalue weighted by Gasteiger charge is 2.22. The zero-order chi connectivity index (χ0) is 21.8. The Hall–Kier alpha value is -3.03. The van der Waals surface area contributed by atoms with Crippen LogP contribution in [0.5, 0.6) is 0 Å². The van der Waals surface area contributed by atoms with Gasteiger partial charge in [0.2, 0.25) is 0 Å². The lowest BCUT2D eigenvalue weighted by atomic mass is 10.1. The molecule has 0 spiro atoms. The number of carbonyl (C=O) groups is 1. The average Bonchev–Trinajstić information content (AvgIpc) is 3.07. The van der Waals surface area contributed by atoms with Gasteiger partial charge in [0.05, 0.1) is 12.2 Å². The molecule has 0 fully saturated rings. The quantitative estimate of drug-likeness (QED) is 0.451. The summed E-state index contributed by atoms with van der Waals surface area (Å²) in [6.45, 7) is 1.91. The SMILES string of the molecule is Cc1noc(-c2ccc(N(C)C)cc2)c1C(=O)NC(N)=NCc1cc(Cl)cc(Cl)c1. The lowest BCUT2D eigenvalue weighted by Crippen LogP contribution is -2.37. The molecule has 0 saturated carbocycles. The second-order valence-corrected chi connectivity index (χ2v) is 7.72. The molecule has 0 unspecified atom stereocenters.